The van der Waals surface area contributed by atoms with Crippen LogP contribution >= 0.6 is 0 Å². The van der Waals surface area contributed by atoms with E-state index in [1.807, 2.05) is 0 Å². The van der Waals surface area contributed by atoms with Crippen molar-refractivity contribution in [3.8, 4) is 0 Å². The summed E-state index contributed by atoms with van der Waals surface area (Å²) in [4.78, 5) is 11.6. The van der Waals surface area contributed by atoms with Crippen molar-refractivity contribution < 1.29 is 9.90 Å². The summed E-state index contributed by atoms with van der Waals surface area (Å²) in [5, 5.41) is 12.7. The fourth-order valence-electron chi connectivity index (χ4n) is 2.35. The molecule has 0 aromatic rings. The molecule has 0 aromatic heterocycles. The highest BCUT2D eigenvalue weighted by Gasteiger charge is 2.35. The van der Waals surface area contributed by atoms with E-state index in [2.05, 4.69) is 5.32 Å². The Hall–Kier alpha value is -0.570. The molecular formula is C11H19NO2. The molecule has 1 amide bonds. The van der Waals surface area contributed by atoms with Gasteiger partial charge in [-0.3, -0.25) is 4.79 Å². The molecule has 0 aromatic carbocycles. The number of rotatable bonds is 3. The Morgan fingerprint density at radius 1 is 1.29 bits per heavy atom. The van der Waals surface area contributed by atoms with Gasteiger partial charge in [-0.25, -0.2) is 0 Å². The van der Waals surface area contributed by atoms with Crippen molar-refractivity contribution in [3.63, 3.8) is 0 Å². The standard InChI is InChI=1S/C11H19NO2/c13-10(9-4-1-2-5-9)12-8-11(14)6-3-7-11/h9,14H,1-8H2,(H,12,13). The first-order chi connectivity index (χ1) is 6.70. The van der Waals surface area contributed by atoms with Crippen molar-refractivity contribution in [1.82, 2.24) is 5.32 Å². The Balaban J connectivity index is 1.71. The van der Waals surface area contributed by atoms with Gasteiger partial charge in [0.25, 0.3) is 0 Å². The third-order valence-corrected chi connectivity index (χ3v) is 3.60. The van der Waals surface area contributed by atoms with Gasteiger partial charge in [-0.15, -0.1) is 0 Å². The van der Waals surface area contributed by atoms with Crippen LogP contribution in [-0.4, -0.2) is 23.2 Å². The zero-order valence-corrected chi connectivity index (χ0v) is 8.59. The molecule has 14 heavy (non-hydrogen) atoms. The minimum atomic E-state index is -0.575. The minimum Gasteiger partial charge on any atom is -0.388 e. The van der Waals surface area contributed by atoms with Crippen molar-refractivity contribution in [1.29, 1.82) is 0 Å². The van der Waals surface area contributed by atoms with Gasteiger partial charge in [0.05, 0.1) is 5.60 Å². The number of carbonyl (C=O) groups excluding carboxylic acids is 1. The second-order valence-electron chi connectivity index (χ2n) is 4.78. The first kappa shape index (κ1) is 9.97. The van der Waals surface area contributed by atoms with Crippen LogP contribution < -0.4 is 5.32 Å². The Morgan fingerprint density at radius 2 is 1.93 bits per heavy atom. The first-order valence-corrected chi connectivity index (χ1v) is 5.70. The van der Waals surface area contributed by atoms with Crippen LogP contribution in [0.15, 0.2) is 0 Å². The molecule has 80 valence electrons. The van der Waals surface area contributed by atoms with Crippen molar-refractivity contribution in [2.45, 2.75) is 50.5 Å². The largest absolute Gasteiger partial charge is 0.388 e. The van der Waals surface area contributed by atoms with Gasteiger partial charge in [0.1, 0.15) is 0 Å². The van der Waals surface area contributed by atoms with E-state index in [0.29, 0.717) is 6.54 Å². The van der Waals surface area contributed by atoms with Gasteiger partial charge in [0.15, 0.2) is 0 Å². The molecule has 0 bridgehead atoms. The molecule has 2 aliphatic carbocycles. The molecule has 2 fully saturated rings. The quantitative estimate of drug-likeness (QED) is 0.714. The second-order valence-corrected chi connectivity index (χ2v) is 4.78. The molecule has 0 aliphatic heterocycles. The van der Waals surface area contributed by atoms with Crippen LogP contribution in [0.2, 0.25) is 0 Å². The van der Waals surface area contributed by atoms with E-state index < -0.39 is 5.60 Å². The zero-order valence-electron chi connectivity index (χ0n) is 8.59. The van der Waals surface area contributed by atoms with Crippen LogP contribution in [0.1, 0.15) is 44.9 Å². The monoisotopic (exact) mass is 197 g/mol. The van der Waals surface area contributed by atoms with Gasteiger partial charge in [-0.1, -0.05) is 12.8 Å². The molecule has 2 N–H and O–H groups in total. The molecule has 0 spiro atoms. The molecule has 0 heterocycles. The average Bonchev–Trinajstić information content (AvgIpc) is 2.63. The smallest absolute Gasteiger partial charge is 0.223 e. The molecule has 2 aliphatic rings. The van der Waals surface area contributed by atoms with Crippen molar-refractivity contribution in [2.24, 2.45) is 5.92 Å². The fourth-order valence-corrected chi connectivity index (χ4v) is 2.35. The molecular weight excluding hydrogens is 178 g/mol. The molecule has 3 nitrogen and oxygen atoms in total. The summed E-state index contributed by atoms with van der Waals surface area (Å²) in [5.41, 5.74) is -0.575. The number of amides is 1. The third-order valence-electron chi connectivity index (χ3n) is 3.60. The lowest BCUT2D eigenvalue weighted by Crippen LogP contribution is -2.48. The number of hydrogen-bond donors (Lipinski definition) is 2. The van der Waals surface area contributed by atoms with Gasteiger partial charge >= 0.3 is 0 Å². The van der Waals surface area contributed by atoms with Crippen molar-refractivity contribution in [2.75, 3.05) is 6.54 Å². The van der Waals surface area contributed by atoms with Gasteiger partial charge in [-0.05, 0) is 32.1 Å². The molecule has 2 rings (SSSR count). The summed E-state index contributed by atoms with van der Waals surface area (Å²) in [6.45, 7) is 0.461. The molecule has 0 saturated heterocycles. The van der Waals surface area contributed by atoms with E-state index in [1.165, 1.54) is 12.8 Å². The maximum Gasteiger partial charge on any atom is 0.223 e. The van der Waals surface area contributed by atoms with Gasteiger partial charge in [0, 0.05) is 12.5 Å². The van der Waals surface area contributed by atoms with E-state index in [0.717, 1.165) is 32.1 Å². The lowest BCUT2D eigenvalue weighted by molar-refractivity contribution is -0.127. The summed E-state index contributed by atoms with van der Waals surface area (Å²) in [6, 6.07) is 0. The van der Waals surface area contributed by atoms with Crippen LogP contribution in [0.25, 0.3) is 0 Å². The minimum absolute atomic E-state index is 0.155. The maximum absolute atomic E-state index is 11.6. The summed E-state index contributed by atoms with van der Waals surface area (Å²) in [7, 11) is 0. The van der Waals surface area contributed by atoms with Gasteiger partial charge in [-0.2, -0.15) is 0 Å². The highest BCUT2D eigenvalue weighted by molar-refractivity contribution is 5.78. The van der Waals surface area contributed by atoms with Crippen LogP contribution in [0.5, 0.6) is 0 Å². The van der Waals surface area contributed by atoms with Crippen LogP contribution in [0.4, 0.5) is 0 Å². The first-order valence-electron chi connectivity index (χ1n) is 5.70. The van der Waals surface area contributed by atoms with Crippen molar-refractivity contribution in [3.05, 3.63) is 0 Å². The van der Waals surface area contributed by atoms with Crippen molar-refractivity contribution >= 4 is 5.91 Å². The van der Waals surface area contributed by atoms with E-state index >= 15 is 0 Å². The normalized spacial score (nSPS) is 25.8. The van der Waals surface area contributed by atoms with E-state index in [1.54, 1.807) is 0 Å². The van der Waals surface area contributed by atoms with E-state index in [9.17, 15) is 9.90 Å². The summed E-state index contributed by atoms with van der Waals surface area (Å²) < 4.78 is 0. The molecule has 2 saturated carbocycles. The number of carbonyl (C=O) groups is 1. The van der Waals surface area contributed by atoms with E-state index in [-0.39, 0.29) is 11.8 Å². The van der Waals surface area contributed by atoms with Gasteiger partial charge in [0.2, 0.25) is 5.91 Å². The fraction of sp³-hybridized carbons (Fsp3) is 0.909. The Bertz CT molecular complexity index is 217. The summed E-state index contributed by atoms with van der Waals surface area (Å²) in [5.74, 6) is 0.376. The average molecular weight is 197 g/mol. The Kier molecular flexibility index (Phi) is 2.77. The summed E-state index contributed by atoms with van der Waals surface area (Å²) in [6.07, 6.45) is 7.21. The van der Waals surface area contributed by atoms with Crippen LogP contribution in [0, 0.1) is 5.92 Å². The lowest BCUT2D eigenvalue weighted by atomic mass is 9.80. The number of hydrogen-bond acceptors (Lipinski definition) is 2. The predicted molar refractivity (Wildman–Crippen MR) is 53.8 cm³/mol. The highest BCUT2D eigenvalue weighted by Crippen LogP contribution is 2.31. The maximum atomic E-state index is 11.6. The second kappa shape index (κ2) is 3.89. The van der Waals surface area contributed by atoms with Crippen LogP contribution in [0.3, 0.4) is 0 Å². The Morgan fingerprint density at radius 3 is 2.43 bits per heavy atom. The predicted octanol–water partition coefficient (Wildman–Crippen LogP) is 1.21. The van der Waals surface area contributed by atoms with Crippen LogP contribution in [-0.2, 0) is 4.79 Å². The SMILES string of the molecule is O=C(NCC1(O)CCC1)C1CCCC1. The number of aliphatic hydroxyl groups is 1. The number of nitrogens with one attached hydrogen (secondary N) is 1. The van der Waals surface area contributed by atoms with Gasteiger partial charge < -0.3 is 10.4 Å². The zero-order chi connectivity index (χ0) is 10.0. The lowest BCUT2D eigenvalue weighted by Gasteiger charge is -2.36. The highest BCUT2D eigenvalue weighted by atomic mass is 16.3. The third kappa shape index (κ3) is 2.08. The topological polar surface area (TPSA) is 49.3 Å². The molecule has 0 atom stereocenters. The Labute approximate surface area is 84.9 Å². The van der Waals surface area contributed by atoms with E-state index in [4.69, 9.17) is 0 Å². The summed E-state index contributed by atoms with van der Waals surface area (Å²) >= 11 is 0. The molecule has 3 heteroatoms. The molecule has 0 radical (unpaired) electrons. The molecule has 0 unspecified atom stereocenters.